The van der Waals surface area contributed by atoms with E-state index in [1.807, 2.05) is 0 Å². The van der Waals surface area contributed by atoms with Crippen LogP contribution >= 0.6 is 0 Å². The maximum Gasteiger partial charge on any atom is 0.280 e. The van der Waals surface area contributed by atoms with Crippen molar-refractivity contribution in [3.8, 4) is 23.1 Å². The highest BCUT2D eigenvalue weighted by molar-refractivity contribution is 6.02. The summed E-state index contributed by atoms with van der Waals surface area (Å²) in [5, 5.41) is 14.8. The molecule has 0 aliphatic rings. The Kier molecular flexibility index (Phi) is 5.36. The van der Waals surface area contributed by atoms with Gasteiger partial charge in [0, 0.05) is 5.56 Å². The molecule has 3 rings (SSSR count). The predicted octanol–water partition coefficient (Wildman–Crippen LogP) is 1.45. The van der Waals surface area contributed by atoms with Crippen molar-refractivity contribution in [2.24, 2.45) is 5.73 Å². The molecule has 0 fully saturated rings. The van der Waals surface area contributed by atoms with Crippen molar-refractivity contribution >= 4 is 17.5 Å². The van der Waals surface area contributed by atoms with E-state index in [9.17, 15) is 18.4 Å². The molecule has 2 aromatic heterocycles. The lowest BCUT2D eigenvalue weighted by atomic mass is 10.1. The lowest BCUT2D eigenvalue weighted by molar-refractivity contribution is -0.118. The van der Waals surface area contributed by atoms with Gasteiger partial charge in [-0.2, -0.15) is 10.4 Å². The Balaban J connectivity index is 2.17. The van der Waals surface area contributed by atoms with Gasteiger partial charge < -0.3 is 15.8 Å². The molecule has 1 aromatic carbocycles. The van der Waals surface area contributed by atoms with Crippen molar-refractivity contribution in [1.29, 1.82) is 5.26 Å². The molecule has 3 aromatic rings. The number of hydrogen-bond donors (Lipinski definition) is 2. The van der Waals surface area contributed by atoms with Crippen LogP contribution in [-0.2, 0) is 4.79 Å². The zero-order valence-corrected chi connectivity index (χ0v) is 15.0. The smallest absolute Gasteiger partial charge is 0.280 e. The minimum absolute atomic E-state index is 0.131. The second-order valence-electron chi connectivity index (χ2n) is 5.80. The highest BCUT2D eigenvalue weighted by Crippen LogP contribution is 2.32. The molecule has 9 nitrogen and oxygen atoms in total. The van der Waals surface area contributed by atoms with Gasteiger partial charge in [-0.25, -0.2) is 18.3 Å². The largest absolute Gasteiger partial charge is 0.496 e. The molecule has 148 valence electrons. The molecule has 1 atom stereocenters. The zero-order chi connectivity index (χ0) is 21.1. The van der Waals surface area contributed by atoms with Crippen molar-refractivity contribution in [1.82, 2.24) is 19.9 Å². The summed E-state index contributed by atoms with van der Waals surface area (Å²) in [6.07, 6.45) is -1.90. The number of nitrogens with one attached hydrogen (secondary N) is 1. The summed E-state index contributed by atoms with van der Waals surface area (Å²) < 4.78 is 33.3. The van der Waals surface area contributed by atoms with E-state index >= 15 is 0 Å². The zero-order valence-electron chi connectivity index (χ0n) is 15.0. The number of halogens is 2. The first-order valence-corrected chi connectivity index (χ1v) is 8.17. The van der Waals surface area contributed by atoms with Crippen LogP contribution in [0.25, 0.3) is 16.9 Å². The normalized spacial score (nSPS) is 11.8. The molecule has 2 amide bonds. The number of rotatable bonds is 6. The summed E-state index contributed by atoms with van der Waals surface area (Å²) >= 11 is 0. The molecular formula is C18H14F2N6O3. The van der Waals surface area contributed by atoms with Gasteiger partial charge in [0.2, 0.25) is 0 Å². The third-order valence-corrected chi connectivity index (χ3v) is 4.04. The maximum atomic E-state index is 13.6. The first-order valence-electron chi connectivity index (χ1n) is 8.17. The van der Waals surface area contributed by atoms with Gasteiger partial charge in [-0.05, 0) is 18.2 Å². The SMILES string of the molecule is COc1ccccc1-c1cc(C(F)F)n2ncc(C(=O)NC(C#N)C(N)=O)c2n1. The molecule has 2 heterocycles. The lowest BCUT2D eigenvalue weighted by Crippen LogP contribution is -2.43. The first-order chi connectivity index (χ1) is 13.9. The van der Waals surface area contributed by atoms with Gasteiger partial charge >= 0.3 is 0 Å². The predicted molar refractivity (Wildman–Crippen MR) is 96.0 cm³/mol. The lowest BCUT2D eigenvalue weighted by Gasteiger charge is -2.11. The summed E-state index contributed by atoms with van der Waals surface area (Å²) in [6.45, 7) is 0. The molecule has 0 radical (unpaired) electrons. The maximum absolute atomic E-state index is 13.6. The minimum atomic E-state index is -2.91. The number of nitriles is 1. The number of ether oxygens (including phenoxy) is 1. The Morgan fingerprint density at radius 1 is 1.34 bits per heavy atom. The molecular weight excluding hydrogens is 386 g/mol. The first kappa shape index (κ1) is 19.7. The van der Waals surface area contributed by atoms with Crippen LogP contribution in [0, 0.1) is 11.3 Å². The molecule has 11 heteroatoms. The number of methoxy groups -OCH3 is 1. The van der Waals surface area contributed by atoms with Gasteiger partial charge in [-0.1, -0.05) is 12.1 Å². The number of primary amides is 1. The average molecular weight is 400 g/mol. The van der Waals surface area contributed by atoms with Crippen molar-refractivity contribution in [3.63, 3.8) is 0 Å². The van der Waals surface area contributed by atoms with Crippen LogP contribution in [-0.4, -0.2) is 39.6 Å². The quantitative estimate of drug-likeness (QED) is 0.643. The molecule has 0 aliphatic heterocycles. The van der Waals surface area contributed by atoms with Crippen molar-refractivity contribution in [2.45, 2.75) is 12.5 Å². The standard InChI is InChI=1S/C18H14F2N6O3/c1-29-14-5-3-2-4-9(14)11-6-13(15(19)20)26-17(24-11)10(8-23-26)18(28)25-12(7-21)16(22)27/h2-6,8,12,15H,1H3,(H2,22,27)(H,25,28). The topological polar surface area (TPSA) is 135 Å². The fraction of sp³-hybridized carbons (Fsp3) is 0.167. The van der Waals surface area contributed by atoms with Crippen molar-refractivity contribution < 1.29 is 23.1 Å². The molecule has 0 spiro atoms. The molecule has 0 bridgehead atoms. The summed E-state index contributed by atoms with van der Waals surface area (Å²) in [4.78, 5) is 27.9. The van der Waals surface area contributed by atoms with E-state index in [2.05, 4.69) is 15.4 Å². The van der Waals surface area contributed by atoms with Gasteiger partial charge in [-0.15, -0.1) is 0 Å². The molecule has 3 N–H and O–H groups in total. The average Bonchev–Trinajstić information content (AvgIpc) is 3.14. The minimum Gasteiger partial charge on any atom is -0.496 e. The highest BCUT2D eigenvalue weighted by Gasteiger charge is 2.25. The summed E-state index contributed by atoms with van der Waals surface area (Å²) in [7, 11) is 1.43. The van der Waals surface area contributed by atoms with Crippen LogP contribution in [0.3, 0.4) is 0 Å². The number of nitrogens with zero attached hydrogens (tertiary/aromatic N) is 4. The Hall–Kier alpha value is -4.07. The number of fused-ring (bicyclic) bond motifs is 1. The summed E-state index contributed by atoms with van der Waals surface area (Å²) in [5.74, 6) is -1.57. The van der Waals surface area contributed by atoms with Gasteiger partial charge in [0.05, 0.1) is 25.1 Å². The van der Waals surface area contributed by atoms with E-state index in [1.54, 1.807) is 24.3 Å². The molecule has 0 saturated carbocycles. The van der Waals surface area contributed by atoms with Crippen molar-refractivity contribution in [3.05, 3.63) is 47.8 Å². The fourth-order valence-electron chi connectivity index (χ4n) is 2.67. The Morgan fingerprint density at radius 2 is 2.07 bits per heavy atom. The number of amides is 2. The number of carbonyl (C=O) groups is 2. The van der Waals surface area contributed by atoms with E-state index in [0.29, 0.717) is 11.3 Å². The van der Waals surface area contributed by atoms with Crippen LogP contribution < -0.4 is 15.8 Å². The number of aromatic nitrogens is 3. The van der Waals surface area contributed by atoms with Crippen LogP contribution in [0.4, 0.5) is 8.78 Å². The van der Waals surface area contributed by atoms with Crippen molar-refractivity contribution in [2.75, 3.05) is 7.11 Å². The van der Waals surface area contributed by atoms with E-state index in [4.69, 9.17) is 15.7 Å². The highest BCUT2D eigenvalue weighted by atomic mass is 19.3. The van der Waals surface area contributed by atoms with E-state index < -0.39 is 30.0 Å². The molecule has 1 unspecified atom stereocenters. The number of carbonyl (C=O) groups excluding carboxylic acids is 2. The van der Waals surface area contributed by atoms with Crippen LogP contribution in [0.2, 0.25) is 0 Å². The third kappa shape index (κ3) is 3.68. The fourth-order valence-corrected chi connectivity index (χ4v) is 2.67. The Morgan fingerprint density at radius 3 is 2.69 bits per heavy atom. The molecule has 0 aliphatic carbocycles. The van der Waals surface area contributed by atoms with Crippen LogP contribution in [0.5, 0.6) is 5.75 Å². The number of hydrogen-bond acceptors (Lipinski definition) is 6. The number of alkyl halides is 2. The second kappa shape index (κ2) is 7.89. The van der Waals surface area contributed by atoms with E-state index in [1.165, 1.54) is 13.2 Å². The van der Waals surface area contributed by atoms with E-state index in [-0.39, 0.29) is 16.9 Å². The number of para-hydroxylation sites is 1. The number of nitrogens with two attached hydrogens (primary N) is 1. The Bertz CT molecular complexity index is 1140. The third-order valence-electron chi connectivity index (χ3n) is 4.04. The van der Waals surface area contributed by atoms with E-state index in [0.717, 1.165) is 16.8 Å². The van der Waals surface area contributed by atoms with Gasteiger partial charge in [0.1, 0.15) is 17.0 Å². The molecule has 29 heavy (non-hydrogen) atoms. The second-order valence-corrected chi connectivity index (χ2v) is 5.80. The monoisotopic (exact) mass is 400 g/mol. The van der Waals surface area contributed by atoms with Crippen LogP contribution in [0.15, 0.2) is 36.5 Å². The Labute approximate surface area is 162 Å². The van der Waals surface area contributed by atoms with Gasteiger partial charge in [0.15, 0.2) is 11.7 Å². The van der Waals surface area contributed by atoms with Crippen LogP contribution in [0.1, 0.15) is 22.5 Å². The van der Waals surface area contributed by atoms with Gasteiger partial charge in [0.25, 0.3) is 18.2 Å². The summed E-state index contributed by atoms with van der Waals surface area (Å²) in [5.41, 5.74) is 4.71. The summed E-state index contributed by atoms with van der Waals surface area (Å²) in [6, 6.07) is 7.74. The van der Waals surface area contributed by atoms with Gasteiger partial charge in [-0.3, -0.25) is 9.59 Å². The number of benzene rings is 1. The molecule has 0 saturated heterocycles.